The lowest BCUT2D eigenvalue weighted by Gasteiger charge is -2.13. The van der Waals surface area contributed by atoms with E-state index in [1.165, 1.54) is 4.88 Å². The van der Waals surface area contributed by atoms with Crippen molar-refractivity contribution in [3.05, 3.63) is 16.0 Å². The van der Waals surface area contributed by atoms with Crippen LogP contribution in [0.3, 0.4) is 0 Å². The summed E-state index contributed by atoms with van der Waals surface area (Å²) in [5.74, 6) is 0.0940. The van der Waals surface area contributed by atoms with Crippen LogP contribution in [0.4, 0.5) is 5.00 Å². The minimum absolute atomic E-state index is 0.0569. The van der Waals surface area contributed by atoms with E-state index in [-0.39, 0.29) is 17.7 Å². The number of hydrogen-bond acceptors (Lipinski definition) is 4. The number of amides is 2. The first-order valence-corrected chi connectivity index (χ1v) is 8.46. The summed E-state index contributed by atoms with van der Waals surface area (Å²) in [6, 6.07) is 0. The van der Waals surface area contributed by atoms with Crippen LogP contribution in [0.15, 0.2) is 0 Å². The molecule has 4 N–H and O–H groups in total. The van der Waals surface area contributed by atoms with Gasteiger partial charge >= 0.3 is 0 Å². The first kappa shape index (κ1) is 14.5. The van der Waals surface area contributed by atoms with E-state index in [4.69, 9.17) is 5.73 Å². The molecule has 21 heavy (non-hydrogen) atoms. The van der Waals surface area contributed by atoms with Crippen molar-refractivity contribution in [3.63, 3.8) is 0 Å². The average Bonchev–Trinajstić information content (AvgIpc) is 3.26. The molecule has 3 rings (SSSR count). The molecule has 5 nitrogen and oxygen atoms in total. The molecule has 6 heteroatoms. The van der Waals surface area contributed by atoms with Gasteiger partial charge in [0, 0.05) is 23.9 Å². The van der Waals surface area contributed by atoms with Crippen molar-refractivity contribution in [2.24, 2.45) is 11.7 Å². The summed E-state index contributed by atoms with van der Waals surface area (Å²) in [5, 5.41) is 6.54. The molecule has 0 spiro atoms. The molecule has 0 unspecified atom stereocenters. The van der Waals surface area contributed by atoms with Crippen molar-refractivity contribution in [1.82, 2.24) is 5.32 Å². The highest BCUT2D eigenvalue weighted by Gasteiger charge is 2.32. The molecular weight excluding hydrogens is 286 g/mol. The first-order chi connectivity index (χ1) is 10.2. The Bertz CT molecular complexity index is 564. The van der Waals surface area contributed by atoms with Gasteiger partial charge in [0.15, 0.2) is 0 Å². The highest BCUT2D eigenvalue weighted by atomic mass is 32.1. The Balaban J connectivity index is 1.87. The number of carbonyl (C=O) groups is 2. The summed E-state index contributed by atoms with van der Waals surface area (Å²) in [6.45, 7) is 0.876. The molecule has 2 aliphatic carbocycles. The van der Waals surface area contributed by atoms with Gasteiger partial charge in [-0.1, -0.05) is 0 Å². The van der Waals surface area contributed by atoms with Crippen molar-refractivity contribution < 1.29 is 9.59 Å². The molecule has 2 amide bonds. The number of nitrogens with one attached hydrogen (secondary N) is 2. The van der Waals surface area contributed by atoms with Crippen LogP contribution in [0.25, 0.3) is 0 Å². The lowest BCUT2D eigenvalue weighted by atomic mass is 9.95. The van der Waals surface area contributed by atoms with Crippen LogP contribution in [0.5, 0.6) is 0 Å². The van der Waals surface area contributed by atoms with E-state index in [0.29, 0.717) is 18.7 Å². The van der Waals surface area contributed by atoms with Gasteiger partial charge < -0.3 is 16.4 Å². The van der Waals surface area contributed by atoms with Gasteiger partial charge in [-0.2, -0.15) is 0 Å². The maximum Gasteiger partial charge on any atom is 0.254 e. The Labute approximate surface area is 128 Å². The van der Waals surface area contributed by atoms with Crippen LogP contribution in [0, 0.1) is 5.92 Å². The molecule has 0 atom stereocenters. The minimum atomic E-state index is -0.106. The number of nitrogens with two attached hydrogens (primary N) is 1. The zero-order valence-corrected chi connectivity index (χ0v) is 12.9. The second-order valence-electron chi connectivity index (χ2n) is 5.72. The Kier molecular flexibility index (Phi) is 4.26. The molecule has 1 fully saturated rings. The van der Waals surface area contributed by atoms with E-state index in [1.54, 1.807) is 11.3 Å². The lowest BCUT2D eigenvalue weighted by Crippen LogP contribution is -2.30. The van der Waals surface area contributed by atoms with E-state index in [2.05, 4.69) is 10.6 Å². The topological polar surface area (TPSA) is 84.2 Å². The second-order valence-corrected chi connectivity index (χ2v) is 6.83. The standard InChI is InChI=1S/C15H21N3O2S/c16-7-8-17-14(20)12-10-3-1-2-4-11(10)21-15(12)18-13(19)9-5-6-9/h9H,1-8,16H2,(H,17,20)(H,18,19). The summed E-state index contributed by atoms with van der Waals surface area (Å²) >= 11 is 1.57. The fraction of sp³-hybridized carbons (Fsp3) is 0.600. The maximum absolute atomic E-state index is 12.4. The highest BCUT2D eigenvalue weighted by molar-refractivity contribution is 7.17. The number of carbonyl (C=O) groups excluding carboxylic acids is 2. The summed E-state index contributed by atoms with van der Waals surface area (Å²) in [6.07, 6.45) is 6.13. The van der Waals surface area contributed by atoms with Crippen molar-refractivity contribution in [3.8, 4) is 0 Å². The third-order valence-electron chi connectivity index (χ3n) is 4.01. The van der Waals surface area contributed by atoms with Crippen LogP contribution < -0.4 is 16.4 Å². The summed E-state index contributed by atoms with van der Waals surface area (Å²) in [5.41, 5.74) is 7.26. The molecule has 1 saturated carbocycles. The van der Waals surface area contributed by atoms with Gasteiger partial charge in [0.25, 0.3) is 5.91 Å². The molecule has 1 aromatic rings. The van der Waals surface area contributed by atoms with Crippen LogP contribution in [0.2, 0.25) is 0 Å². The summed E-state index contributed by atoms with van der Waals surface area (Å²) in [4.78, 5) is 25.7. The van der Waals surface area contributed by atoms with Crippen molar-refractivity contribution in [1.29, 1.82) is 0 Å². The monoisotopic (exact) mass is 307 g/mol. The minimum Gasteiger partial charge on any atom is -0.351 e. The third-order valence-corrected chi connectivity index (χ3v) is 5.22. The predicted molar refractivity (Wildman–Crippen MR) is 83.7 cm³/mol. The highest BCUT2D eigenvalue weighted by Crippen LogP contribution is 2.39. The SMILES string of the molecule is NCCNC(=O)c1c(NC(=O)C2CC2)sc2c1CCCC2. The lowest BCUT2D eigenvalue weighted by molar-refractivity contribution is -0.117. The van der Waals surface area contributed by atoms with Crippen molar-refractivity contribution in [2.45, 2.75) is 38.5 Å². The quantitative estimate of drug-likeness (QED) is 0.773. The molecular formula is C15H21N3O2S. The van der Waals surface area contributed by atoms with Gasteiger partial charge in [0.2, 0.25) is 5.91 Å². The van der Waals surface area contributed by atoms with Crippen LogP contribution >= 0.6 is 11.3 Å². The Morgan fingerprint density at radius 3 is 2.71 bits per heavy atom. The molecule has 2 aliphatic rings. The van der Waals surface area contributed by atoms with E-state index >= 15 is 0 Å². The van der Waals surface area contributed by atoms with Gasteiger partial charge in [-0.05, 0) is 44.1 Å². The van der Waals surface area contributed by atoms with E-state index in [1.807, 2.05) is 0 Å². The van der Waals surface area contributed by atoms with Crippen LogP contribution in [-0.4, -0.2) is 24.9 Å². The van der Waals surface area contributed by atoms with Crippen molar-refractivity contribution in [2.75, 3.05) is 18.4 Å². The smallest absolute Gasteiger partial charge is 0.254 e. The number of thiophene rings is 1. The van der Waals surface area contributed by atoms with Crippen molar-refractivity contribution >= 4 is 28.2 Å². The van der Waals surface area contributed by atoms with Gasteiger partial charge in [-0.15, -0.1) is 11.3 Å². The molecule has 1 aromatic heterocycles. The first-order valence-electron chi connectivity index (χ1n) is 7.64. The molecule has 0 saturated heterocycles. The third kappa shape index (κ3) is 3.11. The normalized spacial score (nSPS) is 17.2. The molecule has 0 bridgehead atoms. The van der Waals surface area contributed by atoms with Crippen LogP contribution in [0.1, 0.15) is 46.5 Å². The Morgan fingerprint density at radius 1 is 1.24 bits per heavy atom. The summed E-state index contributed by atoms with van der Waals surface area (Å²) < 4.78 is 0. The largest absolute Gasteiger partial charge is 0.351 e. The van der Waals surface area contributed by atoms with E-state index in [0.717, 1.165) is 49.1 Å². The zero-order chi connectivity index (χ0) is 14.8. The fourth-order valence-electron chi connectivity index (χ4n) is 2.73. The molecule has 0 aliphatic heterocycles. The van der Waals surface area contributed by atoms with Gasteiger partial charge in [0.05, 0.1) is 5.56 Å². The molecule has 114 valence electrons. The second kappa shape index (κ2) is 6.15. The maximum atomic E-state index is 12.4. The Morgan fingerprint density at radius 2 is 2.00 bits per heavy atom. The number of fused-ring (bicyclic) bond motifs is 1. The fourth-order valence-corrected chi connectivity index (χ4v) is 4.02. The number of aryl methyl sites for hydroxylation is 1. The molecule has 0 aromatic carbocycles. The number of anilines is 1. The van der Waals surface area contributed by atoms with E-state index in [9.17, 15) is 9.59 Å². The summed E-state index contributed by atoms with van der Waals surface area (Å²) in [7, 11) is 0. The average molecular weight is 307 g/mol. The zero-order valence-electron chi connectivity index (χ0n) is 12.0. The predicted octanol–water partition coefficient (Wildman–Crippen LogP) is 1.66. The number of rotatable bonds is 5. The van der Waals surface area contributed by atoms with Gasteiger partial charge in [-0.25, -0.2) is 0 Å². The molecule has 0 radical (unpaired) electrons. The van der Waals surface area contributed by atoms with Gasteiger partial charge in [-0.3, -0.25) is 9.59 Å². The van der Waals surface area contributed by atoms with E-state index < -0.39 is 0 Å². The number of hydrogen-bond donors (Lipinski definition) is 3. The van der Waals surface area contributed by atoms with Crippen LogP contribution in [-0.2, 0) is 17.6 Å². The Hall–Kier alpha value is -1.40. The molecule has 1 heterocycles. The van der Waals surface area contributed by atoms with Gasteiger partial charge in [0.1, 0.15) is 5.00 Å².